The first-order chi connectivity index (χ1) is 10.5. The Hall–Kier alpha value is -2.74. The fraction of sp³-hybridized carbons (Fsp3) is 0.176. The summed E-state index contributed by atoms with van der Waals surface area (Å²) >= 11 is 0. The zero-order valence-corrected chi connectivity index (χ0v) is 12.1. The summed E-state index contributed by atoms with van der Waals surface area (Å²) in [5, 5.41) is 8.70. The second kappa shape index (κ2) is 6.35. The number of carbonyl (C=O) groups is 1. The molecule has 0 fully saturated rings. The van der Waals surface area contributed by atoms with Gasteiger partial charge in [0.1, 0.15) is 23.3 Å². The van der Waals surface area contributed by atoms with Gasteiger partial charge in [-0.1, -0.05) is 6.07 Å². The number of carbonyl (C=O) groups excluding carboxylic acids is 1. The van der Waals surface area contributed by atoms with Crippen molar-refractivity contribution in [3.05, 3.63) is 58.7 Å². The van der Waals surface area contributed by atoms with Crippen LogP contribution < -0.4 is 0 Å². The van der Waals surface area contributed by atoms with Gasteiger partial charge in [-0.05, 0) is 54.8 Å². The molecule has 0 saturated heterocycles. The number of hydrogen-bond acceptors (Lipinski definition) is 3. The van der Waals surface area contributed by atoms with E-state index in [2.05, 4.69) is 0 Å². The summed E-state index contributed by atoms with van der Waals surface area (Å²) in [6.07, 6.45) is 0. The van der Waals surface area contributed by atoms with Crippen molar-refractivity contribution in [3.63, 3.8) is 0 Å². The van der Waals surface area contributed by atoms with Crippen LogP contribution in [-0.2, 0) is 4.74 Å². The number of nitrogens with zero attached hydrogens (tertiary/aromatic N) is 1. The van der Waals surface area contributed by atoms with Crippen molar-refractivity contribution in [1.82, 2.24) is 0 Å². The average molecular weight is 301 g/mol. The van der Waals surface area contributed by atoms with Gasteiger partial charge in [-0.25, -0.2) is 13.6 Å². The molecule has 2 aromatic carbocycles. The van der Waals surface area contributed by atoms with Crippen LogP contribution in [0, 0.1) is 29.9 Å². The van der Waals surface area contributed by atoms with E-state index in [-0.39, 0.29) is 12.2 Å². The molecule has 0 aromatic heterocycles. The standard InChI is InChI=1S/C17H13F2NO2/c1-3-22-17(21)11-5-4-10(2)13(6-11)12-7-15(18)14(9-20)16(19)8-12/h4-8H,3H2,1-2H3. The van der Waals surface area contributed by atoms with Gasteiger partial charge >= 0.3 is 5.97 Å². The SMILES string of the molecule is CCOC(=O)c1ccc(C)c(-c2cc(F)c(C#N)c(F)c2)c1. The van der Waals surface area contributed by atoms with E-state index in [0.717, 1.165) is 17.7 Å². The lowest BCUT2D eigenvalue weighted by atomic mass is 9.97. The molecule has 0 aliphatic carbocycles. The van der Waals surface area contributed by atoms with Crippen molar-refractivity contribution < 1.29 is 18.3 Å². The molecule has 0 heterocycles. The van der Waals surface area contributed by atoms with Crippen LogP contribution >= 0.6 is 0 Å². The summed E-state index contributed by atoms with van der Waals surface area (Å²) in [4.78, 5) is 11.8. The first-order valence-electron chi connectivity index (χ1n) is 6.65. The molecule has 2 aromatic rings. The third-order valence-electron chi connectivity index (χ3n) is 3.21. The minimum absolute atomic E-state index is 0.238. The molecule has 0 spiro atoms. The van der Waals surface area contributed by atoms with Gasteiger partial charge in [-0.3, -0.25) is 0 Å². The Morgan fingerprint density at radius 3 is 2.41 bits per heavy atom. The van der Waals surface area contributed by atoms with E-state index >= 15 is 0 Å². The minimum Gasteiger partial charge on any atom is -0.462 e. The summed E-state index contributed by atoms with van der Waals surface area (Å²) < 4.78 is 32.4. The largest absolute Gasteiger partial charge is 0.462 e. The number of halogens is 2. The molecule has 0 bridgehead atoms. The van der Waals surface area contributed by atoms with Crippen LogP contribution in [0.5, 0.6) is 0 Å². The van der Waals surface area contributed by atoms with Gasteiger partial charge in [-0.15, -0.1) is 0 Å². The normalized spacial score (nSPS) is 10.1. The zero-order valence-electron chi connectivity index (χ0n) is 12.1. The molecule has 112 valence electrons. The van der Waals surface area contributed by atoms with E-state index < -0.39 is 23.2 Å². The highest BCUT2D eigenvalue weighted by Crippen LogP contribution is 2.28. The van der Waals surface area contributed by atoms with Gasteiger partial charge in [0, 0.05) is 0 Å². The maximum absolute atomic E-state index is 13.8. The molecular weight excluding hydrogens is 288 g/mol. The maximum Gasteiger partial charge on any atom is 0.338 e. The number of benzene rings is 2. The second-order valence-corrected chi connectivity index (χ2v) is 4.68. The number of nitriles is 1. The van der Waals surface area contributed by atoms with Crippen molar-refractivity contribution in [1.29, 1.82) is 5.26 Å². The Balaban J connectivity index is 2.55. The number of ether oxygens (including phenoxy) is 1. The molecule has 0 unspecified atom stereocenters. The van der Waals surface area contributed by atoms with E-state index in [1.807, 2.05) is 0 Å². The first-order valence-corrected chi connectivity index (χ1v) is 6.65. The van der Waals surface area contributed by atoms with Gasteiger partial charge in [0.25, 0.3) is 0 Å². The van der Waals surface area contributed by atoms with Gasteiger partial charge in [0.2, 0.25) is 0 Å². The molecule has 5 heteroatoms. The van der Waals surface area contributed by atoms with Crippen LogP contribution in [0.2, 0.25) is 0 Å². The van der Waals surface area contributed by atoms with E-state index in [0.29, 0.717) is 11.1 Å². The lowest BCUT2D eigenvalue weighted by molar-refractivity contribution is 0.0526. The Kier molecular flexibility index (Phi) is 4.52. The van der Waals surface area contributed by atoms with Crippen LogP contribution in [0.15, 0.2) is 30.3 Å². The van der Waals surface area contributed by atoms with Gasteiger partial charge in [0.05, 0.1) is 12.2 Å². The summed E-state index contributed by atoms with van der Waals surface area (Å²) in [5.74, 6) is -2.37. The van der Waals surface area contributed by atoms with Crippen LogP contribution in [0.1, 0.15) is 28.4 Å². The Morgan fingerprint density at radius 2 is 1.86 bits per heavy atom. The molecule has 0 aliphatic heterocycles. The fourth-order valence-electron chi connectivity index (χ4n) is 2.11. The van der Waals surface area contributed by atoms with Crippen molar-refractivity contribution in [3.8, 4) is 17.2 Å². The van der Waals surface area contributed by atoms with Crippen molar-refractivity contribution >= 4 is 5.97 Å². The summed E-state index contributed by atoms with van der Waals surface area (Å²) in [5.41, 5.74) is 1.19. The van der Waals surface area contributed by atoms with E-state index in [9.17, 15) is 13.6 Å². The topological polar surface area (TPSA) is 50.1 Å². The number of hydrogen-bond donors (Lipinski definition) is 0. The maximum atomic E-state index is 13.8. The van der Waals surface area contributed by atoms with Crippen LogP contribution in [-0.4, -0.2) is 12.6 Å². The molecule has 0 N–H and O–H groups in total. The monoisotopic (exact) mass is 301 g/mol. The molecule has 0 saturated carbocycles. The van der Waals surface area contributed by atoms with Gasteiger partial charge < -0.3 is 4.74 Å². The third kappa shape index (κ3) is 2.96. The second-order valence-electron chi connectivity index (χ2n) is 4.68. The van der Waals surface area contributed by atoms with Gasteiger partial charge in [-0.2, -0.15) is 5.26 Å². The third-order valence-corrected chi connectivity index (χ3v) is 3.21. The predicted octanol–water partition coefficient (Wildman–Crippen LogP) is 3.99. The lowest BCUT2D eigenvalue weighted by Gasteiger charge is -2.10. The zero-order chi connectivity index (χ0) is 16.3. The quantitative estimate of drug-likeness (QED) is 0.805. The highest BCUT2D eigenvalue weighted by atomic mass is 19.1. The van der Waals surface area contributed by atoms with E-state index in [4.69, 9.17) is 10.00 Å². The number of esters is 1. The predicted molar refractivity (Wildman–Crippen MR) is 77.2 cm³/mol. The van der Waals surface area contributed by atoms with E-state index in [1.54, 1.807) is 26.0 Å². The molecular formula is C17H13F2NO2. The van der Waals surface area contributed by atoms with Crippen LogP contribution in [0.3, 0.4) is 0 Å². The van der Waals surface area contributed by atoms with Crippen molar-refractivity contribution in [2.75, 3.05) is 6.61 Å². The average Bonchev–Trinajstić information content (AvgIpc) is 2.47. The molecule has 0 radical (unpaired) electrons. The van der Waals surface area contributed by atoms with Crippen molar-refractivity contribution in [2.45, 2.75) is 13.8 Å². The minimum atomic E-state index is -0.932. The first kappa shape index (κ1) is 15.6. The molecule has 0 atom stereocenters. The number of rotatable bonds is 3. The Morgan fingerprint density at radius 1 is 1.23 bits per heavy atom. The summed E-state index contributed by atoms with van der Waals surface area (Å²) in [6.45, 7) is 3.69. The molecule has 0 amide bonds. The Bertz CT molecular complexity index is 756. The fourth-order valence-corrected chi connectivity index (χ4v) is 2.11. The highest BCUT2D eigenvalue weighted by molar-refractivity contribution is 5.91. The lowest BCUT2D eigenvalue weighted by Crippen LogP contribution is -2.05. The number of aryl methyl sites for hydroxylation is 1. The molecule has 2 rings (SSSR count). The van der Waals surface area contributed by atoms with Crippen molar-refractivity contribution in [2.24, 2.45) is 0 Å². The Labute approximate surface area is 126 Å². The molecule has 22 heavy (non-hydrogen) atoms. The smallest absolute Gasteiger partial charge is 0.338 e. The molecule has 0 aliphatic rings. The van der Waals surface area contributed by atoms with Gasteiger partial charge in [0.15, 0.2) is 0 Å². The van der Waals surface area contributed by atoms with Crippen LogP contribution in [0.25, 0.3) is 11.1 Å². The highest BCUT2D eigenvalue weighted by Gasteiger charge is 2.15. The van der Waals surface area contributed by atoms with Crippen LogP contribution in [0.4, 0.5) is 8.78 Å². The summed E-state index contributed by atoms with van der Waals surface area (Å²) in [6, 6.07) is 8.43. The van der Waals surface area contributed by atoms with E-state index in [1.165, 1.54) is 12.1 Å². The summed E-state index contributed by atoms with van der Waals surface area (Å²) in [7, 11) is 0. The molecule has 3 nitrogen and oxygen atoms in total.